The number of nitrogens with zero attached hydrogens (tertiary/aromatic N) is 3. The maximum Gasteiger partial charge on any atom is 0.224 e. The van der Waals surface area contributed by atoms with Gasteiger partial charge in [-0.1, -0.05) is 29.8 Å². The van der Waals surface area contributed by atoms with Gasteiger partial charge >= 0.3 is 0 Å². The van der Waals surface area contributed by atoms with Crippen molar-refractivity contribution < 1.29 is 9.53 Å². The van der Waals surface area contributed by atoms with Crippen LogP contribution in [0.25, 0.3) is 0 Å². The number of rotatable bonds is 7. The number of nitrogens with one attached hydrogen (secondary N) is 1. The zero-order valence-corrected chi connectivity index (χ0v) is 16.3. The molecule has 2 aromatic rings. The van der Waals surface area contributed by atoms with Crippen molar-refractivity contribution in [2.75, 3.05) is 31.1 Å². The number of halogens is 1. The molecule has 144 valence electrons. The first-order valence-corrected chi connectivity index (χ1v) is 9.73. The smallest absolute Gasteiger partial charge is 0.224 e. The fourth-order valence-electron chi connectivity index (χ4n) is 3.11. The Morgan fingerprint density at radius 2 is 2.00 bits per heavy atom. The Hall–Kier alpha value is -2.34. The Morgan fingerprint density at radius 3 is 2.78 bits per heavy atom. The summed E-state index contributed by atoms with van der Waals surface area (Å²) in [5.41, 5.74) is 0.815. The summed E-state index contributed by atoms with van der Waals surface area (Å²) in [7, 11) is 0. The van der Waals surface area contributed by atoms with E-state index in [2.05, 4.69) is 20.2 Å². The van der Waals surface area contributed by atoms with Gasteiger partial charge in [0.15, 0.2) is 0 Å². The molecule has 2 heterocycles. The van der Waals surface area contributed by atoms with Gasteiger partial charge in [-0.15, -0.1) is 0 Å². The first-order chi connectivity index (χ1) is 13.1. The second-order valence-corrected chi connectivity index (χ2v) is 7.03. The lowest BCUT2D eigenvalue weighted by atomic mass is 10.1. The summed E-state index contributed by atoms with van der Waals surface area (Å²) >= 11 is 6.08. The van der Waals surface area contributed by atoms with Gasteiger partial charge in [0, 0.05) is 24.2 Å². The Morgan fingerprint density at radius 1 is 1.22 bits per heavy atom. The van der Waals surface area contributed by atoms with Crippen LogP contribution >= 0.6 is 11.6 Å². The van der Waals surface area contributed by atoms with Gasteiger partial charge in [-0.2, -0.15) is 4.98 Å². The number of hydrogen-bond acceptors (Lipinski definition) is 5. The quantitative estimate of drug-likeness (QED) is 0.738. The van der Waals surface area contributed by atoms with E-state index in [0.717, 1.165) is 24.5 Å². The van der Waals surface area contributed by atoms with Crippen molar-refractivity contribution in [1.29, 1.82) is 0 Å². The van der Waals surface area contributed by atoms with Crippen molar-refractivity contribution in [1.82, 2.24) is 15.3 Å². The van der Waals surface area contributed by atoms with Gasteiger partial charge in [0.2, 0.25) is 11.8 Å². The number of carbonyl (C=O) groups excluding carboxylic acids is 1. The fourth-order valence-corrected chi connectivity index (χ4v) is 3.31. The zero-order valence-electron chi connectivity index (χ0n) is 15.6. The number of benzene rings is 1. The molecule has 1 saturated heterocycles. The summed E-state index contributed by atoms with van der Waals surface area (Å²) in [6, 6.07) is 9.23. The van der Waals surface area contributed by atoms with Crippen molar-refractivity contribution in [3.8, 4) is 5.88 Å². The third-order valence-corrected chi connectivity index (χ3v) is 4.83. The van der Waals surface area contributed by atoms with E-state index in [1.165, 1.54) is 19.3 Å². The van der Waals surface area contributed by atoms with Crippen LogP contribution in [-0.4, -0.2) is 42.1 Å². The molecule has 1 aromatic heterocycles. The number of hydrogen-bond donors (Lipinski definition) is 1. The molecule has 1 aliphatic heterocycles. The minimum Gasteiger partial charge on any atom is -0.476 e. The molecule has 0 radical (unpaired) electrons. The number of amides is 1. The standard InChI is InChI=1S/C20H25ClN4O2/c1-15-23-18(25-10-5-2-6-11-25)14-20(24-15)27-12-9-22-19(26)13-16-7-3-4-8-17(16)21/h3-4,7-8,14H,2,5-6,9-13H2,1H3,(H,22,26). The molecule has 1 amide bonds. The van der Waals surface area contributed by atoms with Crippen molar-refractivity contribution in [2.45, 2.75) is 32.6 Å². The maximum atomic E-state index is 12.0. The fraction of sp³-hybridized carbons (Fsp3) is 0.450. The van der Waals surface area contributed by atoms with E-state index in [9.17, 15) is 4.79 Å². The van der Waals surface area contributed by atoms with Gasteiger partial charge in [-0.25, -0.2) is 4.98 Å². The summed E-state index contributed by atoms with van der Waals surface area (Å²) in [6.07, 6.45) is 3.91. The molecule has 7 heteroatoms. The van der Waals surface area contributed by atoms with Gasteiger partial charge in [-0.3, -0.25) is 4.79 Å². The topological polar surface area (TPSA) is 67.3 Å². The number of aryl methyl sites for hydroxylation is 1. The molecule has 0 aliphatic carbocycles. The number of piperidine rings is 1. The van der Waals surface area contributed by atoms with E-state index < -0.39 is 0 Å². The number of aromatic nitrogens is 2. The summed E-state index contributed by atoms with van der Waals surface area (Å²) in [5.74, 6) is 2.07. The normalized spacial score (nSPS) is 14.1. The molecule has 6 nitrogen and oxygen atoms in total. The number of ether oxygens (including phenoxy) is 1. The largest absolute Gasteiger partial charge is 0.476 e. The molecule has 3 rings (SSSR count). The zero-order chi connectivity index (χ0) is 19.1. The third kappa shape index (κ3) is 5.82. The minimum absolute atomic E-state index is 0.0837. The Balaban J connectivity index is 1.46. The van der Waals surface area contributed by atoms with Crippen LogP contribution in [-0.2, 0) is 11.2 Å². The average Bonchev–Trinajstić information content (AvgIpc) is 2.67. The highest BCUT2D eigenvalue weighted by Gasteiger charge is 2.14. The molecule has 0 atom stereocenters. The molecule has 1 aliphatic rings. The minimum atomic E-state index is -0.0837. The highest BCUT2D eigenvalue weighted by atomic mass is 35.5. The molecule has 1 aromatic carbocycles. The third-order valence-electron chi connectivity index (χ3n) is 4.46. The van der Waals surface area contributed by atoms with E-state index in [4.69, 9.17) is 16.3 Å². The van der Waals surface area contributed by atoms with Gasteiger partial charge in [0.25, 0.3) is 0 Å². The molecule has 0 saturated carbocycles. The molecule has 1 N–H and O–H groups in total. The molecular formula is C20H25ClN4O2. The summed E-state index contributed by atoms with van der Waals surface area (Å²) < 4.78 is 5.72. The van der Waals surface area contributed by atoms with Crippen molar-refractivity contribution in [3.63, 3.8) is 0 Å². The van der Waals surface area contributed by atoms with Gasteiger partial charge in [0.1, 0.15) is 18.2 Å². The van der Waals surface area contributed by atoms with Crippen molar-refractivity contribution in [2.24, 2.45) is 0 Å². The lowest BCUT2D eigenvalue weighted by molar-refractivity contribution is -0.120. The monoisotopic (exact) mass is 388 g/mol. The molecule has 0 spiro atoms. The number of carbonyl (C=O) groups is 1. The second-order valence-electron chi connectivity index (χ2n) is 6.63. The van der Waals surface area contributed by atoms with Crippen LogP contribution in [0.15, 0.2) is 30.3 Å². The summed E-state index contributed by atoms with van der Waals surface area (Å²) in [4.78, 5) is 23.2. The highest BCUT2D eigenvalue weighted by molar-refractivity contribution is 6.31. The summed E-state index contributed by atoms with van der Waals surface area (Å²) in [5, 5.41) is 3.45. The first-order valence-electron chi connectivity index (χ1n) is 9.35. The second kappa shape index (κ2) is 9.55. The molecular weight excluding hydrogens is 364 g/mol. The predicted molar refractivity (Wildman–Crippen MR) is 106 cm³/mol. The van der Waals surface area contributed by atoms with Crippen molar-refractivity contribution in [3.05, 3.63) is 46.7 Å². The predicted octanol–water partition coefficient (Wildman–Crippen LogP) is 3.17. The van der Waals surface area contributed by atoms with Crippen molar-refractivity contribution >= 4 is 23.3 Å². The van der Waals surface area contributed by atoms with E-state index in [0.29, 0.717) is 29.9 Å². The maximum absolute atomic E-state index is 12.0. The van der Waals surface area contributed by atoms with E-state index in [1.54, 1.807) is 6.07 Å². The molecule has 0 unspecified atom stereocenters. The Bertz CT molecular complexity index is 778. The SMILES string of the molecule is Cc1nc(OCCNC(=O)Cc2ccccc2Cl)cc(N2CCCCC2)n1. The van der Waals surface area contributed by atoms with E-state index in [1.807, 2.05) is 31.2 Å². The van der Waals surface area contributed by atoms with E-state index >= 15 is 0 Å². The van der Waals surface area contributed by atoms with Crippen LogP contribution in [0, 0.1) is 6.92 Å². The van der Waals surface area contributed by atoms with E-state index in [-0.39, 0.29) is 12.3 Å². The first kappa shape index (κ1) is 19.4. The highest BCUT2D eigenvalue weighted by Crippen LogP contribution is 2.21. The summed E-state index contributed by atoms with van der Waals surface area (Å²) in [6.45, 7) is 4.67. The van der Waals surface area contributed by atoms with Gasteiger partial charge < -0.3 is 15.0 Å². The van der Waals surface area contributed by atoms with Crippen LogP contribution in [0.5, 0.6) is 5.88 Å². The van der Waals surface area contributed by atoms with Gasteiger partial charge in [-0.05, 0) is 37.8 Å². The van der Waals surface area contributed by atoms with Crippen LogP contribution in [0.2, 0.25) is 5.02 Å². The molecule has 27 heavy (non-hydrogen) atoms. The Labute approximate surface area is 164 Å². The average molecular weight is 389 g/mol. The lowest BCUT2D eigenvalue weighted by Gasteiger charge is -2.28. The molecule has 0 bridgehead atoms. The van der Waals surface area contributed by atoms with Crippen LogP contribution in [0.1, 0.15) is 30.7 Å². The lowest BCUT2D eigenvalue weighted by Crippen LogP contribution is -2.31. The molecule has 1 fully saturated rings. The Kier molecular flexibility index (Phi) is 6.87. The van der Waals surface area contributed by atoms with Crippen LogP contribution in [0.3, 0.4) is 0 Å². The van der Waals surface area contributed by atoms with Crippen LogP contribution in [0.4, 0.5) is 5.82 Å². The van der Waals surface area contributed by atoms with Gasteiger partial charge in [0.05, 0.1) is 13.0 Å². The van der Waals surface area contributed by atoms with Crippen LogP contribution < -0.4 is 15.0 Å². The number of anilines is 1.